The summed E-state index contributed by atoms with van der Waals surface area (Å²) in [4.78, 5) is 13.1. The number of aromatic nitrogens is 3. The molecule has 0 unspecified atom stereocenters. The van der Waals surface area contributed by atoms with E-state index in [9.17, 15) is 4.79 Å². The van der Waals surface area contributed by atoms with Gasteiger partial charge in [0.1, 0.15) is 6.33 Å². The van der Waals surface area contributed by atoms with Gasteiger partial charge in [0.2, 0.25) is 0 Å². The van der Waals surface area contributed by atoms with Gasteiger partial charge in [-0.05, 0) is 19.1 Å². The lowest BCUT2D eigenvalue weighted by molar-refractivity contribution is 0.237. The van der Waals surface area contributed by atoms with E-state index in [2.05, 4.69) is 39.9 Å². The smallest absolute Gasteiger partial charge is 0.315 e. The van der Waals surface area contributed by atoms with Gasteiger partial charge in [-0.25, -0.2) is 4.79 Å². The van der Waals surface area contributed by atoms with E-state index in [0.717, 1.165) is 5.82 Å². The Balaban J connectivity index is 1.74. The van der Waals surface area contributed by atoms with Gasteiger partial charge in [0.25, 0.3) is 0 Å². The summed E-state index contributed by atoms with van der Waals surface area (Å²) in [6.45, 7) is 4.56. The van der Waals surface area contributed by atoms with E-state index in [4.69, 9.17) is 0 Å². The van der Waals surface area contributed by atoms with E-state index >= 15 is 0 Å². The van der Waals surface area contributed by atoms with Gasteiger partial charge < -0.3 is 15.2 Å². The first kappa shape index (κ1) is 16.4. The maximum absolute atomic E-state index is 11.9. The molecule has 2 amide bonds. The number of hydrogen-bond acceptors (Lipinski definition) is 4. The molecule has 2 N–H and O–H groups in total. The number of rotatable bonds is 6. The first-order valence-electron chi connectivity index (χ1n) is 7.16. The first-order valence-corrected chi connectivity index (χ1v) is 8.04. The highest BCUT2D eigenvalue weighted by Gasteiger charge is 2.14. The molecule has 2 atom stereocenters. The van der Waals surface area contributed by atoms with Crippen molar-refractivity contribution in [1.29, 1.82) is 0 Å². The molecule has 0 saturated heterocycles. The van der Waals surface area contributed by atoms with Crippen LogP contribution in [0, 0.1) is 0 Å². The lowest BCUT2D eigenvalue weighted by Gasteiger charge is -2.16. The molecule has 6 nitrogen and oxygen atoms in total. The molecule has 7 heteroatoms. The number of amides is 2. The predicted molar refractivity (Wildman–Crippen MR) is 87.7 cm³/mol. The third-order valence-electron chi connectivity index (χ3n) is 3.11. The van der Waals surface area contributed by atoms with Crippen LogP contribution in [0.5, 0.6) is 0 Å². The van der Waals surface area contributed by atoms with Crippen LogP contribution in [0.3, 0.4) is 0 Å². The number of urea groups is 1. The van der Waals surface area contributed by atoms with Gasteiger partial charge >= 0.3 is 6.03 Å². The molecule has 0 fully saturated rings. The zero-order valence-electron chi connectivity index (χ0n) is 13.0. The van der Waals surface area contributed by atoms with Gasteiger partial charge in [0.15, 0.2) is 5.82 Å². The van der Waals surface area contributed by atoms with Gasteiger partial charge in [-0.1, -0.05) is 25.1 Å². The Bertz CT molecular complexity index is 601. The number of aryl methyl sites for hydroxylation is 1. The largest absolute Gasteiger partial charge is 0.337 e. The molecule has 1 aromatic heterocycles. The van der Waals surface area contributed by atoms with Crippen molar-refractivity contribution in [3.63, 3.8) is 0 Å². The Morgan fingerprint density at radius 2 is 2.05 bits per heavy atom. The molecule has 1 aromatic carbocycles. The molecule has 2 aromatic rings. The van der Waals surface area contributed by atoms with E-state index in [-0.39, 0.29) is 12.1 Å². The Labute approximate surface area is 134 Å². The Hall–Kier alpha value is -2.02. The van der Waals surface area contributed by atoms with Crippen molar-refractivity contribution in [3.05, 3.63) is 42.5 Å². The van der Waals surface area contributed by atoms with Crippen molar-refractivity contribution in [2.75, 3.05) is 6.54 Å². The second-order valence-corrected chi connectivity index (χ2v) is 6.63. The number of carbonyl (C=O) groups is 1. The minimum atomic E-state index is -0.198. The van der Waals surface area contributed by atoms with Crippen molar-refractivity contribution in [1.82, 2.24) is 25.4 Å². The molecule has 0 aliphatic heterocycles. The number of benzene rings is 1. The molecule has 0 bridgehead atoms. The number of carbonyl (C=O) groups excluding carboxylic acids is 1. The highest BCUT2D eigenvalue weighted by atomic mass is 32.2. The third-order valence-corrected chi connectivity index (χ3v) is 4.23. The van der Waals surface area contributed by atoms with Crippen LogP contribution in [-0.4, -0.2) is 32.6 Å². The fourth-order valence-corrected chi connectivity index (χ4v) is 2.95. The second kappa shape index (κ2) is 7.84. The molecular formula is C15H21N5OS. The Morgan fingerprint density at radius 1 is 1.32 bits per heavy atom. The summed E-state index contributed by atoms with van der Waals surface area (Å²) in [5.41, 5.74) is 0. The lowest BCUT2D eigenvalue weighted by Crippen LogP contribution is -2.40. The number of thioether (sulfide) groups is 1. The minimum absolute atomic E-state index is 0.190. The molecule has 22 heavy (non-hydrogen) atoms. The molecule has 1 heterocycles. The van der Waals surface area contributed by atoms with Crippen LogP contribution in [0.25, 0.3) is 0 Å². The van der Waals surface area contributed by atoms with Crippen LogP contribution >= 0.6 is 11.8 Å². The topological polar surface area (TPSA) is 71.8 Å². The molecular weight excluding hydrogens is 298 g/mol. The standard InChI is InChI=1S/C15H21N5OS/c1-11(22-13-7-5-4-6-8-13)9-16-15(21)18-12(2)14-19-17-10-20(14)3/h4-8,10-12H,9H2,1-3H3,(H2,16,18,21)/t11-,12+/m1/s1. The summed E-state index contributed by atoms with van der Waals surface area (Å²) in [6, 6.07) is 9.76. The van der Waals surface area contributed by atoms with Gasteiger partial charge in [-0.15, -0.1) is 22.0 Å². The van der Waals surface area contributed by atoms with E-state index < -0.39 is 0 Å². The SMILES string of the molecule is C[C@H](CNC(=O)N[C@@H](C)c1nncn1C)Sc1ccccc1. The Morgan fingerprint density at radius 3 is 2.68 bits per heavy atom. The molecule has 0 aliphatic carbocycles. The second-order valence-electron chi connectivity index (χ2n) is 5.12. The van der Waals surface area contributed by atoms with Crippen LogP contribution in [0.4, 0.5) is 4.79 Å². The van der Waals surface area contributed by atoms with Crippen LogP contribution < -0.4 is 10.6 Å². The van der Waals surface area contributed by atoms with Crippen molar-refractivity contribution >= 4 is 17.8 Å². The highest BCUT2D eigenvalue weighted by Crippen LogP contribution is 2.21. The molecule has 0 aliphatic rings. The molecule has 0 saturated carbocycles. The monoisotopic (exact) mass is 319 g/mol. The van der Waals surface area contributed by atoms with Crippen molar-refractivity contribution in [3.8, 4) is 0 Å². The summed E-state index contributed by atoms with van der Waals surface area (Å²) in [6.07, 6.45) is 1.62. The zero-order chi connectivity index (χ0) is 15.9. The minimum Gasteiger partial charge on any atom is -0.337 e. The average molecular weight is 319 g/mol. The van der Waals surface area contributed by atoms with Crippen LogP contribution in [-0.2, 0) is 7.05 Å². The molecule has 0 radical (unpaired) electrons. The predicted octanol–water partition coefficient (Wildman–Crippen LogP) is 2.36. The molecule has 2 rings (SSSR count). The maximum atomic E-state index is 11.9. The van der Waals surface area contributed by atoms with Crippen LogP contribution in [0.1, 0.15) is 25.7 Å². The number of hydrogen-bond donors (Lipinski definition) is 2. The lowest BCUT2D eigenvalue weighted by atomic mass is 10.3. The normalized spacial score (nSPS) is 13.4. The van der Waals surface area contributed by atoms with E-state index in [1.807, 2.05) is 32.2 Å². The van der Waals surface area contributed by atoms with Crippen LogP contribution in [0.15, 0.2) is 41.6 Å². The summed E-state index contributed by atoms with van der Waals surface area (Å²) < 4.78 is 1.79. The molecule has 118 valence electrons. The van der Waals surface area contributed by atoms with Gasteiger partial charge in [-0.2, -0.15) is 0 Å². The first-order chi connectivity index (χ1) is 10.6. The highest BCUT2D eigenvalue weighted by molar-refractivity contribution is 8.00. The van der Waals surface area contributed by atoms with Crippen molar-refractivity contribution in [2.45, 2.75) is 30.0 Å². The summed E-state index contributed by atoms with van der Waals surface area (Å²) in [7, 11) is 1.85. The van der Waals surface area contributed by atoms with Crippen molar-refractivity contribution < 1.29 is 4.79 Å². The summed E-state index contributed by atoms with van der Waals surface area (Å²) in [5.74, 6) is 0.724. The zero-order valence-corrected chi connectivity index (χ0v) is 13.8. The van der Waals surface area contributed by atoms with E-state index in [0.29, 0.717) is 11.8 Å². The van der Waals surface area contributed by atoms with Crippen molar-refractivity contribution in [2.24, 2.45) is 7.05 Å². The fourth-order valence-electron chi connectivity index (χ4n) is 2.01. The van der Waals surface area contributed by atoms with Gasteiger partial charge in [0.05, 0.1) is 6.04 Å². The van der Waals surface area contributed by atoms with E-state index in [1.54, 1.807) is 22.7 Å². The quantitative estimate of drug-likeness (QED) is 0.802. The molecule has 0 spiro atoms. The fraction of sp³-hybridized carbons (Fsp3) is 0.400. The average Bonchev–Trinajstić information content (AvgIpc) is 2.92. The summed E-state index contributed by atoms with van der Waals surface area (Å²) in [5, 5.41) is 13.8. The van der Waals surface area contributed by atoms with Gasteiger partial charge in [0, 0.05) is 23.7 Å². The summed E-state index contributed by atoms with van der Waals surface area (Å²) >= 11 is 1.74. The number of nitrogens with zero attached hydrogens (tertiary/aromatic N) is 3. The third kappa shape index (κ3) is 4.77. The number of nitrogens with one attached hydrogen (secondary N) is 2. The van der Waals surface area contributed by atoms with Gasteiger partial charge in [-0.3, -0.25) is 0 Å². The maximum Gasteiger partial charge on any atom is 0.315 e. The Kier molecular flexibility index (Phi) is 5.83. The van der Waals surface area contributed by atoms with Crippen LogP contribution in [0.2, 0.25) is 0 Å². The van der Waals surface area contributed by atoms with E-state index in [1.165, 1.54) is 4.90 Å².